The molecule has 1 aliphatic heterocycles. The van der Waals surface area contributed by atoms with Crippen LogP contribution in [-0.2, 0) is 24.8 Å². The fourth-order valence-electron chi connectivity index (χ4n) is 3.65. The van der Waals surface area contributed by atoms with Gasteiger partial charge in [-0.3, -0.25) is 9.48 Å². The summed E-state index contributed by atoms with van der Waals surface area (Å²) in [7, 11) is 5.95. The largest absolute Gasteiger partial charge is 0.332 e. The topological polar surface area (TPSA) is 67.2 Å². The van der Waals surface area contributed by atoms with Gasteiger partial charge in [0, 0.05) is 37.6 Å². The lowest BCUT2D eigenvalue weighted by atomic mass is 10.1. The number of carbonyl (C=O) groups excluding carboxylic acids is 1. The molecule has 1 fully saturated rings. The summed E-state index contributed by atoms with van der Waals surface area (Å²) in [6, 6.07) is 1.91. The second-order valence-electron chi connectivity index (χ2n) is 7.34. The van der Waals surface area contributed by atoms with Gasteiger partial charge in [-0.25, -0.2) is 9.97 Å². The third-order valence-corrected chi connectivity index (χ3v) is 5.07. The van der Waals surface area contributed by atoms with Crippen LogP contribution in [0.2, 0.25) is 0 Å². The van der Waals surface area contributed by atoms with Gasteiger partial charge in [0.1, 0.15) is 0 Å². The SMILES string of the molecule is Cc1nn(C)c(C)c1CC(=O)N1CCCC1c1nccc(CN(C)C)n1. The lowest BCUT2D eigenvalue weighted by molar-refractivity contribution is -0.131. The summed E-state index contributed by atoms with van der Waals surface area (Å²) in [4.78, 5) is 26.2. The minimum atomic E-state index is -0.0260. The molecule has 3 rings (SSSR count). The van der Waals surface area contributed by atoms with E-state index < -0.39 is 0 Å². The highest BCUT2D eigenvalue weighted by Gasteiger charge is 2.32. The van der Waals surface area contributed by atoms with Gasteiger partial charge in [0.2, 0.25) is 5.91 Å². The fourth-order valence-corrected chi connectivity index (χ4v) is 3.65. The van der Waals surface area contributed by atoms with Gasteiger partial charge in [0.05, 0.1) is 23.9 Å². The Morgan fingerprint density at radius 3 is 2.77 bits per heavy atom. The molecular weight excluding hydrogens is 328 g/mol. The first-order chi connectivity index (χ1) is 12.4. The molecule has 7 nitrogen and oxygen atoms in total. The van der Waals surface area contributed by atoms with Gasteiger partial charge in [0.15, 0.2) is 5.82 Å². The lowest BCUT2D eigenvalue weighted by Crippen LogP contribution is -2.33. The van der Waals surface area contributed by atoms with Gasteiger partial charge in [-0.1, -0.05) is 0 Å². The summed E-state index contributed by atoms with van der Waals surface area (Å²) in [5.41, 5.74) is 4.00. The van der Waals surface area contributed by atoms with E-state index in [0.29, 0.717) is 6.42 Å². The third kappa shape index (κ3) is 3.77. The zero-order valence-electron chi connectivity index (χ0n) is 16.4. The molecule has 1 unspecified atom stereocenters. The Hall–Kier alpha value is -2.28. The molecule has 3 heterocycles. The number of aryl methyl sites for hydroxylation is 2. The Morgan fingerprint density at radius 1 is 1.35 bits per heavy atom. The quantitative estimate of drug-likeness (QED) is 0.817. The number of nitrogens with zero attached hydrogens (tertiary/aromatic N) is 6. The number of rotatable bonds is 5. The monoisotopic (exact) mass is 356 g/mol. The molecule has 0 radical (unpaired) electrons. The van der Waals surface area contributed by atoms with Gasteiger partial charge in [0.25, 0.3) is 0 Å². The molecule has 1 aliphatic rings. The minimum Gasteiger partial charge on any atom is -0.332 e. The summed E-state index contributed by atoms with van der Waals surface area (Å²) in [6.45, 7) is 5.51. The lowest BCUT2D eigenvalue weighted by Gasteiger charge is -2.24. The van der Waals surface area contributed by atoms with E-state index in [-0.39, 0.29) is 11.9 Å². The van der Waals surface area contributed by atoms with Crippen molar-refractivity contribution in [3.63, 3.8) is 0 Å². The Kier molecular flexibility index (Phi) is 5.36. The van der Waals surface area contributed by atoms with E-state index in [4.69, 9.17) is 4.98 Å². The highest BCUT2D eigenvalue weighted by atomic mass is 16.2. The second kappa shape index (κ2) is 7.53. The summed E-state index contributed by atoms with van der Waals surface area (Å²) in [5, 5.41) is 4.42. The Bertz CT molecular complexity index is 797. The van der Waals surface area contributed by atoms with E-state index >= 15 is 0 Å². The molecule has 0 spiro atoms. The van der Waals surface area contributed by atoms with E-state index in [1.54, 1.807) is 6.20 Å². The Labute approximate surface area is 155 Å². The van der Waals surface area contributed by atoms with E-state index in [1.807, 2.05) is 50.6 Å². The Morgan fingerprint density at radius 2 is 2.12 bits per heavy atom. The maximum Gasteiger partial charge on any atom is 0.227 e. The highest BCUT2D eigenvalue weighted by Crippen LogP contribution is 2.30. The normalized spacial score (nSPS) is 17.3. The van der Waals surface area contributed by atoms with Crippen LogP contribution in [0, 0.1) is 13.8 Å². The first-order valence-electron chi connectivity index (χ1n) is 9.12. The van der Waals surface area contributed by atoms with Crippen molar-refractivity contribution >= 4 is 5.91 Å². The van der Waals surface area contributed by atoms with Crippen LogP contribution >= 0.6 is 0 Å². The van der Waals surface area contributed by atoms with Crippen LogP contribution in [0.3, 0.4) is 0 Å². The minimum absolute atomic E-state index is 0.0260. The molecule has 0 saturated carbocycles. The third-order valence-electron chi connectivity index (χ3n) is 5.07. The number of carbonyl (C=O) groups is 1. The molecule has 1 saturated heterocycles. The number of aromatic nitrogens is 4. The molecule has 2 aromatic heterocycles. The van der Waals surface area contributed by atoms with Crippen molar-refractivity contribution in [1.29, 1.82) is 0 Å². The molecule has 1 atom stereocenters. The zero-order chi connectivity index (χ0) is 18.8. The predicted octanol–water partition coefficient (Wildman–Crippen LogP) is 1.79. The summed E-state index contributed by atoms with van der Waals surface area (Å²) < 4.78 is 1.84. The average molecular weight is 356 g/mol. The molecule has 7 heteroatoms. The van der Waals surface area contributed by atoms with E-state index in [2.05, 4.69) is 15.0 Å². The standard InChI is InChI=1S/C19H28N6O/c1-13-16(14(2)24(5)22-13)11-18(26)25-10-6-7-17(25)19-20-9-8-15(21-19)12-23(3)4/h8-9,17H,6-7,10-12H2,1-5H3. The van der Waals surface area contributed by atoms with Crippen LogP contribution in [-0.4, -0.2) is 56.1 Å². The van der Waals surface area contributed by atoms with Crippen molar-refractivity contribution in [3.8, 4) is 0 Å². The predicted molar refractivity (Wildman–Crippen MR) is 99.5 cm³/mol. The number of amides is 1. The first kappa shape index (κ1) is 18.5. The van der Waals surface area contributed by atoms with Crippen molar-refractivity contribution in [2.75, 3.05) is 20.6 Å². The van der Waals surface area contributed by atoms with Crippen LogP contribution in [0.1, 0.15) is 47.4 Å². The molecule has 140 valence electrons. The van der Waals surface area contributed by atoms with Crippen molar-refractivity contribution in [2.45, 2.75) is 45.7 Å². The molecule has 0 aromatic carbocycles. The molecule has 0 bridgehead atoms. The van der Waals surface area contributed by atoms with Gasteiger partial charge >= 0.3 is 0 Å². The average Bonchev–Trinajstić information content (AvgIpc) is 3.15. The van der Waals surface area contributed by atoms with Crippen LogP contribution in [0.4, 0.5) is 0 Å². The van der Waals surface area contributed by atoms with Gasteiger partial charge in [-0.15, -0.1) is 0 Å². The van der Waals surface area contributed by atoms with E-state index in [9.17, 15) is 4.79 Å². The maximum absolute atomic E-state index is 13.0. The molecule has 2 aromatic rings. The summed E-state index contributed by atoms with van der Waals surface area (Å²) >= 11 is 0. The van der Waals surface area contributed by atoms with Crippen molar-refractivity contribution < 1.29 is 4.79 Å². The molecule has 26 heavy (non-hydrogen) atoms. The number of likely N-dealkylation sites (tertiary alicyclic amines) is 1. The van der Waals surface area contributed by atoms with Gasteiger partial charge in [-0.05, 0) is 46.9 Å². The van der Waals surface area contributed by atoms with Crippen LogP contribution in [0.15, 0.2) is 12.3 Å². The van der Waals surface area contributed by atoms with E-state index in [1.165, 1.54) is 0 Å². The summed E-state index contributed by atoms with van der Waals surface area (Å²) in [5.74, 6) is 0.892. The van der Waals surface area contributed by atoms with Crippen LogP contribution in [0.5, 0.6) is 0 Å². The molecule has 0 aliphatic carbocycles. The van der Waals surface area contributed by atoms with Crippen molar-refractivity contribution in [1.82, 2.24) is 29.5 Å². The molecule has 1 amide bonds. The highest BCUT2D eigenvalue weighted by molar-refractivity contribution is 5.80. The number of hydrogen-bond donors (Lipinski definition) is 0. The Balaban J connectivity index is 1.78. The maximum atomic E-state index is 13.0. The number of hydrogen-bond acceptors (Lipinski definition) is 5. The fraction of sp³-hybridized carbons (Fsp3) is 0.579. The summed E-state index contributed by atoms with van der Waals surface area (Å²) in [6.07, 6.45) is 4.10. The smallest absolute Gasteiger partial charge is 0.227 e. The van der Waals surface area contributed by atoms with Gasteiger partial charge < -0.3 is 9.80 Å². The zero-order valence-corrected chi connectivity index (χ0v) is 16.4. The second-order valence-corrected chi connectivity index (χ2v) is 7.34. The van der Waals surface area contributed by atoms with E-state index in [0.717, 1.165) is 54.4 Å². The molecule has 0 N–H and O–H groups in total. The van der Waals surface area contributed by atoms with Crippen LogP contribution in [0.25, 0.3) is 0 Å². The van der Waals surface area contributed by atoms with Crippen molar-refractivity contribution in [2.24, 2.45) is 7.05 Å². The van der Waals surface area contributed by atoms with Crippen LogP contribution < -0.4 is 0 Å². The van der Waals surface area contributed by atoms with Gasteiger partial charge in [-0.2, -0.15) is 5.10 Å². The van der Waals surface area contributed by atoms with Crippen molar-refractivity contribution in [3.05, 3.63) is 40.7 Å². The first-order valence-corrected chi connectivity index (χ1v) is 9.12. The molecular formula is C19H28N6O.